The SMILES string of the molecule is COc1cccc(-c2nccnc2[C@H]2CN(C(=O)C3CCCC3)CCO2)c1. The van der Waals surface area contributed by atoms with Crippen molar-refractivity contribution in [1.82, 2.24) is 14.9 Å². The van der Waals surface area contributed by atoms with Crippen LogP contribution in [0.5, 0.6) is 5.75 Å². The van der Waals surface area contributed by atoms with E-state index in [9.17, 15) is 4.79 Å². The van der Waals surface area contributed by atoms with Gasteiger partial charge in [0.2, 0.25) is 5.91 Å². The largest absolute Gasteiger partial charge is 0.497 e. The van der Waals surface area contributed by atoms with E-state index in [1.54, 1.807) is 19.5 Å². The van der Waals surface area contributed by atoms with E-state index >= 15 is 0 Å². The van der Waals surface area contributed by atoms with Crippen molar-refractivity contribution in [1.29, 1.82) is 0 Å². The first kappa shape index (κ1) is 17.9. The van der Waals surface area contributed by atoms with Crippen LogP contribution in [0.2, 0.25) is 0 Å². The highest BCUT2D eigenvalue weighted by Gasteiger charge is 2.33. The van der Waals surface area contributed by atoms with Gasteiger partial charge in [-0.05, 0) is 25.0 Å². The second kappa shape index (κ2) is 8.05. The first-order chi connectivity index (χ1) is 13.3. The first-order valence-corrected chi connectivity index (χ1v) is 9.62. The van der Waals surface area contributed by atoms with Crippen molar-refractivity contribution >= 4 is 5.91 Å². The van der Waals surface area contributed by atoms with Crippen molar-refractivity contribution in [3.63, 3.8) is 0 Å². The standard InChI is InChI=1S/C21H25N3O3/c1-26-17-8-4-7-16(13-17)19-20(23-10-9-22-19)18-14-24(11-12-27-18)21(25)15-5-2-3-6-15/h4,7-10,13,15,18H,2-3,5-6,11-12,14H2,1H3/t18-/m1/s1. The molecule has 6 nitrogen and oxygen atoms in total. The Morgan fingerprint density at radius 2 is 2.04 bits per heavy atom. The van der Waals surface area contributed by atoms with Crippen LogP contribution in [0.3, 0.4) is 0 Å². The number of hydrogen-bond acceptors (Lipinski definition) is 5. The van der Waals surface area contributed by atoms with E-state index in [1.807, 2.05) is 29.2 Å². The number of carbonyl (C=O) groups excluding carboxylic acids is 1. The number of methoxy groups -OCH3 is 1. The Morgan fingerprint density at radius 1 is 1.22 bits per heavy atom. The fourth-order valence-corrected chi connectivity index (χ4v) is 4.02. The summed E-state index contributed by atoms with van der Waals surface area (Å²) >= 11 is 0. The van der Waals surface area contributed by atoms with Crippen molar-refractivity contribution < 1.29 is 14.3 Å². The van der Waals surface area contributed by atoms with Crippen molar-refractivity contribution in [2.75, 3.05) is 26.8 Å². The molecule has 142 valence electrons. The quantitative estimate of drug-likeness (QED) is 0.830. The summed E-state index contributed by atoms with van der Waals surface area (Å²) in [6.07, 6.45) is 7.45. The van der Waals surface area contributed by atoms with Crippen molar-refractivity contribution in [2.24, 2.45) is 5.92 Å². The molecule has 4 rings (SSSR count). The number of carbonyl (C=O) groups is 1. The van der Waals surface area contributed by atoms with Gasteiger partial charge in [-0.25, -0.2) is 0 Å². The van der Waals surface area contributed by atoms with Crippen LogP contribution in [0.1, 0.15) is 37.5 Å². The molecule has 27 heavy (non-hydrogen) atoms. The van der Waals surface area contributed by atoms with Crippen LogP contribution in [0.25, 0.3) is 11.3 Å². The Hall–Kier alpha value is -2.47. The van der Waals surface area contributed by atoms with E-state index in [0.717, 1.165) is 48.4 Å². The minimum absolute atomic E-state index is 0.184. The summed E-state index contributed by atoms with van der Waals surface area (Å²) in [5.41, 5.74) is 2.48. The predicted molar refractivity (Wildman–Crippen MR) is 101 cm³/mol. The highest BCUT2D eigenvalue weighted by atomic mass is 16.5. The van der Waals surface area contributed by atoms with Crippen LogP contribution in [-0.2, 0) is 9.53 Å². The third-order valence-electron chi connectivity index (χ3n) is 5.46. The van der Waals surface area contributed by atoms with Gasteiger partial charge in [0, 0.05) is 30.4 Å². The smallest absolute Gasteiger partial charge is 0.225 e. The molecule has 1 aromatic carbocycles. The molecule has 1 aliphatic carbocycles. The summed E-state index contributed by atoms with van der Waals surface area (Å²) in [5.74, 6) is 1.22. The lowest BCUT2D eigenvalue weighted by Gasteiger charge is -2.34. The zero-order valence-corrected chi connectivity index (χ0v) is 15.6. The number of amides is 1. The molecule has 2 aromatic rings. The summed E-state index contributed by atoms with van der Waals surface area (Å²) < 4.78 is 11.3. The molecule has 0 unspecified atom stereocenters. The zero-order valence-electron chi connectivity index (χ0n) is 15.6. The second-order valence-corrected chi connectivity index (χ2v) is 7.15. The maximum atomic E-state index is 12.8. The van der Waals surface area contributed by atoms with E-state index in [-0.39, 0.29) is 17.9 Å². The van der Waals surface area contributed by atoms with Gasteiger partial charge in [-0.2, -0.15) is 0 Å². The normalized spacial score (nSPS) is 20.6. The monoisotopic (exact) mass is 367 g/mol. The molecular weight excluding hydrogens is 342 g/mol. The molecule has 2 fully saturated rings. The van der Waals surface area contributed by atoms with Crippen molar-refractivity contribution in [3.8, 4) is 17.0 Å². The van der Waals surface area contributed by atoms with Crippen LogP contribution in [0, 0.1) is 5.92 Å². The lowest BCUT2D eigenvalue weighted by Crippen LogP contribution is -2.44. The van der Waals surface area contributed by atoms with Gasteiger partial charge in [0.05, 0.1) is 31.6 Å². The number of nitrogens with zero attached hydrogens (tertiary/aromatic N) is 3. The molecule has 0 radical (unpaired) electrons. The highest BCUT2D eigenvalue weighted by Crippen LogP contribution is 2.32. The molecule has 0 N–H and O–H groups in total. The van der Waals surface area contributed by atoms with E-state index in [4.69, 9.17) is 9.47 Å². The van der Waals surface area contributed by atoms with E-state index < -0.39 is 0 Å². The Labute approximate surface area is 159 Å². The second-order valence-electron chi connectivity index (χ2n) is 7.15. The predicted octanol–water partition coefficient (Wildman–Crippen LogP) is 3.24. The Kier molecular flexibility index (Phi) is 5.34. The van der Waals surface area contributed by atoms with Crippen LogP contribution >= 0.6 is 0 Å². The maximum absolute atomic E-state index is 12.8. The third kappa shape index (κ3) is 3.81. The van der Waals surface area contributed by atoms with Crippen molar-refractivity contribution in [2.45, 2.75) is 31.8 Å². The summed E-state index contributed by atoms with van der Waals surface area (Å²) in [6, 6.07) is 7.76. The average Bonchev–Trinajstić information content (AvgIpc) is 3.28. The van der Waals surface area contributed by atoms with Gasteiger partial charge >= 0.3 is 0 Å². The number of morpholine rings is 1. The van der Waals surface area contributed by atoms with Crippen LogP contribution < -0.4 is 4.74 Å². The van der Waals surface area contributed by atoms with Gasteiger partial charge in [0.1, 0.15) is 11.9 Å². The van der Waals surface area contributed by atoms with Gasteiger partial charge in [0.25, 0.3) is 0 Å². The highest BCUT2D eigenvalue weighted by molar-refractivity contribution is 5.79. The molecule has 1 aromatic heterocycles. The van der Waals surface area contributed by atoms with E-state index in [0.29, 0.717) is 19.7 Å². The summed E-state index contributed by atoms with van der Waals surface area (Å²) in [6.45, 7) is 1.71. The van der Waals surface area contributed by atoms with Gasteiger partial charge in [-0.15, -0.1) is 0 Å². The van der Waals surface area contributed by atoms with E-state index in [1.165, 1.54) is 0 Å². The summed E-state index contributed by atoms with van der Waals surface area (Å²) in [7, 11) is 1.65. The van der Waals surface area contributed by atoms with E-state index in [2.05, 4.69) is 9.97 Å². The molecule has 0 bridgehead atoms. The number of ether oxygens (including phenoxy) is 2. The Bertz CT molecular complexity index is 805. The summed E-state index contributed by atoms with van der Waals surface area (Å²) in [4.78, 5) is 23.9. The molecule has 1 aliphatic heterocycles. The molecule has 1 atom stereocenters. The molecule has 1 saturated carbocycles. The minimum atomic E-state index is -0.265. The third-order valence-corrected chi connectivity index (χ3v) is 5.46. The molecule has 2 heterocycles. The Balaban J connectivity index is 1.58. The number of aromatic nitrogens is 2. The van der Waals surface area contributed by atoms with Crippen LogP contribution in [0.4, 0.5) is 0 Å². The van der Waals surface area contributed by atoms with Gasteiger partial charge in [-0.1, -0.05) is 25.0 Å². The lowest BCUT2D eigenvalue weighted by molar-refractivity contribution is -0.143. The summed E-state index contributed by atoms with van der Waals surface area (Å²) in [5, 5.41) is 0. The molecule has 1 saturated heterocycles. The molecular formula is C21H25N3O3. The fourth-order valence-electron chi connectivity index (χ4n) is 4.02. The Morgan fingerprint density at radius 3 is 2.85 bits per heavy atom. The van der Waals surface area contributed by atoms with Gasteiger partial charge in [-0.3, -0.25) is 14.8 Å². The molecule has 2 aliphatic rings. The molecule has 1 amide bonds. The van der Waals surface area contributed by atoms with Crippen molar-refractivity contribution in [3.05, 3.63) is 42.4 Å². The average molecular weight is 367 g/mol. The van der Waals surface area contributed by atoms with Crippen LogP contribution in [-0.4, -0.2) is 47.6 Å². The fraction of sp³-hybridized carbons (Fsp3) is 0.476. The number of benzene rings is 1. The number of rotatable bonds is 4. The van der Waals surface area contributed by atoms with Gasteiger partial charge < -0.3 is 14.4 Å². The minimum Gasteiger partial charge on any atom is -0.497 e. The van der Waals surface area contributed by atoms with Crippen LogP contribution in [0.15, 0.2) is 36.7 Å². The first-order valence-electron chi connectivity index (χ1n) is 9.62. The maximum Gasteiger partial charge on any atom is 0.225 e. The zero-order chi connectivity index (χ0) is 18.6. The van der Waals surface area contributed by atoms with Gasteiger partial charge in [0.15, 0.2) is 0 Å². The molecule has 0 spiro atoms. The molecule has 6 heteroatoms. The topological polar surface area (TPSA) is 64.6 Å². The lowest BCUT2D eigenvalue weighted by atomic mass is 10.0. The number of hydrogen-bond donors (Lipinski definition) is 0.